The summed E-state index contributed by atoms with van der Waals surface area (Å²) in [6.07, 6.45) is 4.53. The minimum absolute atomic E-state index is 0.132. The van der Waals surface area contributed by atoms with Crippen LogP contribution in [0.15, 0.2) is 23.8 Å². The van der Waals surface area contributed by atoms with Crippen LogP contribution in [0.5, 0.6) is 0 Å². The van der Waals surface area contributed by atoms with E-state index in [0.29, 0.717) is 5.56 Å². The smallest absolute Gasteiger partial charge is 0.126 e. The molecule has 0 radical (unpaired) electrons. The van der Waals surface area contributed by atoms with Crippen LogP contribution in [0.3, 0.4) is 0 Å². The first-order valence-electron chi connectivity index (χ1n) is 6.32. The maximum absolute atomic E-state index is 13.2. The van der Waals surface area contributed by atoms with E-state index >= 15 is 0 Å². The summed E-state index contributed by atoms with van der Waals surface area (Å²) in [6, 6.07) is 5.29. The SMILES string of the molecule is CCCC(C)(C)/C(C)=C/c1ccc(F)c(C)c1. The topological polar surface area (TPSA) is 0 Å². The van der Waals surface area contributed by atoms with Gasteiger partial charge in [0, 0.05) is 0 Å². The zero-order chi connectivity index (χ0) is 13.1. The maximum atomic E-state index is 13.2. The molecule has 17 heavy (non-hydrogen) atoms. The molecule has 0 atom stereocenters. The third kappa shape index (κ3) is 3.69. The van der Waals surface area contributed by atoms with Crippen molar-refractivity contribution in [3.8, 4) is 0 Å². The Hall–Kier alpha value is -1.11. The van der Waals surface area contributed by atoms with Crippen LogP contribution in [-0.4, -0.2) is 0 Å². The fraction of sp³-hybridized carbons (Fsp3) is 0.500. The number of rotatable bonds is 4. The molecule has 94 valence electrons. The summed E-state index contributed by atoms with van der Waals surface area (Å²) < 4.78 is 13.2. The fourth-order valence-electron chi connectivity index (χ4n) is 2.03. The summed E-state index contributed by atoms with van der Waals surface area (Å²) in [4.78, 5) is 0. The molecule has 0 N–H and O–H groups in total. The lowest BCUT2D eigenvalue weighted by Gasteiger charge is -2.25. The molecule has 1 rings (SSSR count). The van der Waals surface area contributed by atoms with Gasteiger partial charge in [0.25, 0.3) is 0 Å². The molecule has 0 amide bonds. The van der Waals surface area contributed by atoms with E-state index < -0.39 is 0 Å². The third-order valence-electron chi connectivity index (χ3n) is 3.51. The first-order chi connectivity index (χ1) is 7.86. The van der Waals surface area contributed by atoms with E-state index in [1.165, 1.54) is 18.4 Å². The fourth-order valence-corrected chi connectivity index (χ4v) is 2.03. The molecule has 1 aromatic carbocycles. The molecule has 0 aliphatic heterocycles. The molecule has 0 unspecified atom stereocenters. The van der Waals surface area contributed by atoms with Crippen LogP contribution >= 0.6 is 0 Å². The largest absolute Gasteiger partial charge is 0.207 e. The molecule has 0 nitrogen and oxygen atoms in total. The van der Waals surface area contributed by atoms with Crippen molar-refractivity contribution in [3.63, 3.8) is 0 Å². The molecule has 0 saturated heterocycles. The van der Waals surface area contributed by atoms with E-state index in [1.54, 1.807) is 13.0 Å². The van der Waals surface area contributed by atoms with Gasteiger partial charge in [0.05, 0.1) is 0 Å². The Labute approximate surface area is 105 Å². The van der Waals surface area contributed by atoms with Crippen molar-refractivity contribution in [1.82, 2.24) is 0 Å². The van der Waals surface area contributed by atoms with E-state index in [9.17, 15) is 4.39 Å². The van der Waals surface area contributed by atoms with Crippen molar-refractivity contribution in [2.24, 2.45) is 5.41 Å². The maximum Gasteiger partial charge on any atom is 0.126 e. The van der Waals surface area contributed by atoms with Crippen molar-refractivity contribution in [2.75, 3.05) is 0 Å². The van der Waals surface area contributed by atoms with Gasteiger partial charge in [-0.3, -0.25) is 0 Å². The van der Waals surface area contributed by atoms with Crippen LogP contribution in [0.4, 0.5) is 4.39 Å². The molecule has 0 aliphatic carbocycles. The number of halogens is 1. The Kier molecular flexibility index (Phi) is 4.50. The van der Waals surface area contributed by atoms with Crippen molar-refractivity contribution in [3.05, 3.63) is 40.7 Å². The molecule has 1 aromatic rings. The summed E-state index contributed by atoms with van der Waals surface area (Å²) in [7, 11) is 0. The number of benzene rings is 1. The molecular weight excluding hydrogens is 211 g/mol. The molecule has 0 bridgehead atoms. The number of allylic oxidation sites excluding steroid dienone is 1. The summed E-state index contributed by atoms with van der Waals surface area (Å²) in [5.74, 6) is -0.132. The molecule has 0 aromatic heterocycles. The lowest BCUT2D eigenvalue weighted by Crippen LogP contribution is -2.12. The summed E-state index contributed by atoms with van der Waals surface area (Å²) >= 11 is 0. The molecule has 0 aliphatic rings. The second-order valence-corrected chi connectivity index (χ2v) is 5.47. The molecule has 1 heteroatoms. The van der Waals surface area contributed by atoms with E-state index in [-0.39, 0.29) is 11.2 Å². The molecule has 0 spiro atoms. The highest BCUT2D eigenvalue weighted by atomic mass is 19.1. The average Bonchev–Trinajstić information content (AvgIpc) is 2.23. The van der Waals surface area contributed by atoms with E-state index in [4.69, 9.17) is 0 Å². The van der Waals surface area contributed by atoms with Gasteiger partial charge in [0.15, 0.2) is 0 Å². The predicted molar refractivity (Wildman–Crippen MR) is 73.5 cm³/mol. The standard InChI is InChI=1S/C16H23F/c1-6-9-16(4,5)13(3)11-14-7-8-15(17)12(2)10-14/h7-8,10-11H,6,9H2,1-5H3/b13-11+. The Morgan fingerprint density at radius 1 is 1.35 bits per heavy atom. The van der Waals surface area contributed by atoms with Crippen LogP contribution in [0.2, 0.25) is 0 Å². The Bertz CT molecular complexity index is 414. The van der Waals surface area contributed by atoms with Gasteiger partial charge in [0.2, 0.25) is 0 Å². The molecular formula is C16H23F. The van der Waals surface area contributed by atoms with Gasteiger partial charge in [-0.15, -0.1) is 0 Å². The quantitative estimate of drug-likeness (QED) is 0.657. The monoisotopic (exact) mass is 234 g/mol. The average molecular weight is 234 g/mol. The number of hydrogen-bond acceptors (Lipinski definition) is 0. The minimum Gasteiger partial charge on any atom is -0.207 e. The van der Waals surface area contributed by atoms with Crippen molar-refractivity contribution >= 4 is 6.08 Å². The van der Waals surface area contributed by atoms with Crippen LogP contribution in [-0.2, 0) is 0 Å². The van der Waals surface area contributed by atoms with Crippen molar-refractivity contribution < 1.29 is 4.39 Å². The van der Waals surface area contributed by atoms with Gasteiger partial charge in [-0.05, 0) is 48.9 Å². The second kappa shape index (κ2) is 5.48. The summed E-state index contributed by atoms with van der Waals surface area (Å²) in [6.45, 7) is 10.7. The zero-order valence-electron chi connectivity index (χ0n) is 11.6. The van der Waals surface area contributed by atoms with Gasteiger partial charge in [-0.2, -0.15) is 0 Å². The van der Waals surface area contributed by atoms with E-state index in [2.05, 4.69) is 33.8 Å². The van der Waals surface area contributed by atoms with Crippen molar-refractivity contribution in [2.45, 2.75) is 47.5 Å². The molecule has 0 saturated carbocycles. The normalized spacial score (nSPS) is 12.9. The summed E-state index contributed by atoms with van der Waals surface area (Å²) in [5.41, 5.74) is 3.37. The lowest BCUT2D eigenvalue weighted by molar-refractivity contribution is 0.405. The first kappa shape index (κ1) is 14.0. The van der Waals surface area contributed by atoms with Crippen LogP contribution in [0, 0.1) is 18.2 Å². The molecule has 0 heterocycles. The number of aryl methyl sites for hydroxylation is 1. The van der Waals surface area contributed by atoms with E-state index in [1.807, 2.05) is 12.1 Å². The van der Waals surface area contributed by atoms with Crippen molar-refractivity contribution in [1.29, 1.82) is 0 Å². The van der Waals surface area contributed by atoms with Crippen LogP contribution < -0.4 is 0 Å². The van der Waals surface area contributed by atoms with Crippen LogP contribution in [0.25, 0.3) is 6.08 Å². The van der Waals surface area contributed by atoms with Gasteiger partial charge in [0.1, 0.15) is 5.82 Å². The zero-order valence-corrected chi connectivity index (χ0v) is 11.6. The van der Waals surface area contributed by atoms with E-state index in [0.717, 1.165) is 5.56 Å². The minimum atomic E-state index is -0.132. The Morgan fingerprint density at radius 2 is 2.00 bits per heavy atom. The predicted octanol–water partition coefficient (Wildman–Crippen LogP) is 5.36. The Morgan fingerprint density at radius 3 is 2.53 bits per heavy atom. The first-order valence-corrected chi connectivity index (χ1v) is 6.32. The second-order valence-electron chi connectivity index (χ2n) is 5.47. The highest BCUT2D eigenvalue weighted by Crippen LogP contribution is 2.32. The lowest BCUT2D eigenvalue weighted by atomic mass is 9.80. The Balaban J connectivity index is 2.98. The highest BCUT2D eigenvalue weighted by Gasteiger charge is 2.18. The van der Waals surface area contributed by atoms with Gasteiger partial charge in [-0.1, -0.05) is 44.9 Å². The summed E-state index contributed by atoms with van der Waals surface area (Å²) in [5, 5.41) is 0. The molecule has 0 fully saturated rings. The van der Waals surface area contributed by atoms with Gasteiger partial charge in [-0.25, -0.2) is 4.39 Å². The number of hydrogen-bond donors (Lipinski definition) is 0. The van der Waals surface area contributed by atoms with Gasteiger partial charge >= 0.3 is 0 Å². The highest BCUT2D eigenvalue weighted by molar-refractivity contribution is 5.54. The van der Waals surface area contributed by atoms with Crippen LogP contribution in [0.1, 0.15) is 51.7 Å². The van der Waals surface area contributed by atoms with Gasteiger partial charge < -0.3 is 0 Å². The third-order valence-corrected chi connectivity index (χ3v) is 3.51.